The SMILES string of the molecule is Cc1cccc(-c2cc(C)ccc2-n2c3ccccc3c3c(N(c4ccc(-c5ccccc5)cc4)c4ccccc4-c4ccccc4)cccc32)c1. The number of rotatable bonds is 7. The van der Waals surface area contributed by atoms with E-state index < -0.39 is 0 Å². The molecule has 0 radical (unpaired) electrons. The highest BCUT2D eigenvalue weighted by Crippen LogP contribution is 2.47. The molecule has 0 saturated heterocycles. The predicted octanol–water partition coefficient (Wildman–Crippen LogP) is 13.9. The van der Waals surface area contributed by atoms with E-state index in [2.05, 4.69) is 217 Å². The van der Waals surface area contributed by atoms with Gasteiger partial charge in [0.2, 0.25) is 0 Å². The van der Waals surface area contributed by atoms with Crippen LogP contribution in [0.1, 0.15) is 11.1 Å². The third kappa shape index (κ3) is 5.55. The van der Waals surface area contributed by atoms with Crippen LogP contribution >= 0.6 is 0 Å². The first-order chi connectivity index (χ1) is 25.6. The van der Waals surface area contributed by atoms with Crippen LogP contribution in [0.5, 0.6) is 0 Å². The van der Waals surface area contributed by atoms with Crippen molar-refractivity contribution in [2.45, 2.75) is 13.8 Å². The minimum Gasteiger partial charge on any atom is -0.309 e. The topological polar surface area (TPSA) is 8.17 Å². The monoisotopic (exact) mass is 666 g/mol. The minimum atomic E-state index is 1.10. The second-order valence-corrected chi connectivity index (χ2v) is 13.5. The van der Waals surface area contributed by atoms with Crippen LogP contribution in [0, 0.1) is 13.8 Å². The van der Waals surface area contributed by atoms with Gasteiger partial charge in [-0.3, -0.25) is 0 Å². The van der Waals surface area contributed by atoms with Gasteiger partial charge in [-0.1, -0.05) is 157 Å². The smallest absolute Gasteiger partial charge is 0.0562 e. The first-order valence-electron chi connectivity index (χ1n) is 17.9. The largest absolute Gasteiger partial charge is 0.309 e. The van der Waals surface area contributed by atoms with Crippen LogP contribution in [0.25, 0.3) is 60.9 Å². The quantitative estimate of drug-likeness (QED) is 0.164. The fourth-order valence-electron chi connectivity index (χ4n) is 7.71. The van der Waals surface area contributed by atoms with E-state index in [-0.39, 0.29) is 0 Å². The average Bonchev–Trinajstić information content (AvgIpc) is 3.54. The normalized spacial score (nSPS) is 11.3. The first-order valence-corrected chi connectivity index (χ1v) is 17.9. The molecule has 0 saturated carbocycles. The van der Waals surface area contributed by atoms with E-state index in [1.54, 1.807) is 0 Å². The van der Waals surface area contributed by atoms with Gasteiger partial charge in [0, 0.05) is 27.6 Å². The Morgan fingerprint density at radius 3 is 1.77 bits per heavy atom. The van der Waals surface area contributed by atoms with Gasteiger partial charge in [-0.25, -0.2) is 0 Å². The van der Waals surface area contributed by atoms with E-state index in [0.29, 0.717) is 0 Å². The number of nitrogens with zero attached hydrogens (tertiary/aromatic N) is 2. The maximum Gasteiger partial charge on any atom is 0.0562 e. The molecule has 0 amide bonds. The number of fused-ring (bicyclic) bond motifs is 3. The Hall–Kier alpha value is -6.64. The summed E-state index contributed by atoms with van der Waals surface area (Å²) in [5.74, 6) is 0. The highest BCUT2D eigenvalue weighted by molar-refractivity contribution is 6.17. The molecule has 0 fully saturated rings. The number of hydrogen-bond donors (Lipinski definition) is 0. The van der Waals surface area contributed by atoms with Crippen molar-refractivity contribution >= 4 is 38.9 Å². The second-order valence-electron chi connectivity index (χ2n) is 13.5. The van der Waals surface area contributed by atoms with Crippen molar-refractivity contribution in [2.24, 2.45) is 0 Å². The molecular weight excluding hydrogens is 629 g/mol. The van der Waals surface area contributed by atoms with E-state index in [0.717, 1.165) is 17.1 Å². The number of aryl methyl sites for hydroxylation is 2. The van der Waals surface area contributed by atoms with Crippen molar-refractivity contribution in [2.75, 3.05) is 4.90 Å². The van der Waals surface area contributed by atoms with E-state index >= 15 is 0 Å². The van der Waals surface area contributed by atoms with Gasteiger partial charge in [0.05, 0.1) is 28.1 Å². The lowest BCUT2D eigenvalue weighted by Gasteiger charge is -2.29. The third-order valence-electron chi connectivity index (χ3n) is 10.1. The van der Waals surface area contributed by atoms with Gasteiger partial charge in [-0.05, 0) is 84.6 Å². The summed E-state index contributed by atoms with van der Waals surface area (Å²) in [5, 5.41) is 2.43. The van der Waals surface area contributed by atoms with Crippen molar-refractivity contribution in [1.29, 1.82) is 0 Å². The van der Waals surface area contributed by atoms with Gasteiger partial charge in [0.15, 0.2) is 0 Å². The molecule has 8 aromatic carbocycles. The number of hydrogen-bond acceptors (Lipinski definition) is 1. The molecule has 1 aromatic heterocycles. The molecule has 9 rings (SSSR count). The highest BCUT2D eigenvalue weighted by Gasteiger charge is 2.24. The third-order valence-corrected chi connectivity index (χ3v) is 10.1. The van der Waals surface area contributed by atoms with E-state index in [1.807, 2.05) is 0 Å². The van der Waals surface area contributed by atoms with Crippen LogP contribution in [0.3, 0.4) is 0 Å². The molecule has 0 aliphatic heterocycles. The summed E-state index contributed by atoms with van der Waals surface area (Å²) in [6.45, 7) is 4.35. The lowest BCUT2D eigenvalue weighted by Crippen LogP contribution is -2.11. The van der Waals surface area contributed by atoms with Gasteiger partial charge >= 0.3 is 0 Å². The summed E-state index contributed by atoms with van der Waals surface area (Å²) in [6.07, 6.45) is 0. The highest BCUT2D eigenvalue weighted by atomic mass is 15.2. The molecule has 52 heavy (non-hydrogen) atoms. The van der Waals surface area contributed by atoms with E-state index in [4.69, 9.17) is 0 Å². The molecular formula is C50H38N2. The Balaban J connectivity index is 1.33. The summed E-state index contributed by atoms with van der Waals surface area (Å²) < 4.78 is 2.46. The van der Waals surface area contributed by atoms with Crippen LogP contribution in [-0.4, -0.2) is 4.57 Å². The minimum absolute atomic E-state index is 1.10. The standard InChI is InChI=1S/C50H38N2/c1-35-15-13-20-40(33-35)44-34-36(2)27-32-47(44)52-46-24-12-10-22-43(46)50-48(25-14-26-49(50)52)51(41-30-28-38(29-31-41)37-16-5-3-6-17-37)45-23-11-9-21-42(45)39-18-7-4-8-19-39/h3-34H,1-2H3. The summed E-state index contributed by atoms with van der Waals surface area (Å²) in [4.78, 5) is 2.45. The Morgan fingerprint density at radius 1 is 0.385 bits per heavy atom. The maximum atomic E-state index is 2.46. The molecule has 248 valence electrons. The number of aromatic nitrogens is 1. The predicted molar refractivity (Wildman–Crippen MR) is 221 cm³/mol. The Morgan fingerprint density at radius 2 is 0.981 bits per heavy atom. The fourth-order valence-corrected chi connectivity index (χ4v) is 7.71. The van der Waals surface area contributed by atoms with E-state index in [9.17, 15) is 0 Å². The number of para-hydroxylation sites is 2. The van der Waals surface area contributed by atoms with Gasteiger partial charge in [-0.2, -0.15) is 0 Å². The zero-order valence-electron chi connectivity index (χ0n) is 29.4. The lowest BCUT2D eigenvalue weighted by atomic mass is 9.99. The zero-order valence-corrected chi connectivity index (χ0v) is 29.4. The van der Waals surface area contributed by atoms with Crippen molar-refractivity contribution in [3.8, 4) is 39.1 Å². The molecule has 0 aliphatic carbocycles. The Labute approximate surface area is 305 Å². The van der Waals surface area contributed by atoms with Crippen molar-refractivity contribution < 1.29 is 0 Å². The van der Waals surface area contributed by atoms with Crippen molar-refractivity contribution in [3.05, 3.63) is 205 Å². The molecule has 2 nitrogen and oxygen atoms in total. The molecule has 0 spiro atoms. The molecule has 0 N–H and O–H groups in total. The summed E-state index contributed by atoms with van der Waals surface area (Å²) >= 11 is 0. The van der Waals surface area contributed by atoms with Crippen LogP contribution < -0.4 is 4.90 Å². The lowest BCUT2D eigenvalue weighted by molar-refractivity contribution is 1.17. The van der Waals surface area contributed by atoms with Gasteiger partial charge < -0.3 is 9.47 Å². The zero-order chi connectivity index (χ0) is 35.0. The molecule has 1 heterocycles. The Kier molecular flexibility index (Phi) is 7.98. The molecule has 0 unspecified atom stereocenters. The van der Waals surface area contributed by atoms with Gasteiger partial charge in [-0.15, -0.1) is 0 Å². The molecule has 9 aromatic rings. The van der Waals surface area contributed by atoms with Crippen LogP contribution in [-0.2, 0) is 0 Å². The van der Waals surface area contributed by atoms with Gasteiger partial charge in [0.1, 0.15) is 0 Å². The molecule has 0 bridgehead atoms. The van der Waals surface area contributed by atoms with Crippen LogP contribution in [0.4, 0.5) is 17.1 Å². The average molecular weight is 667 g/mol. The van der Waals surface area contributed by atoms with Gasteiger partial charge in [0.25, 0.3) is 0 Å². The first kappa shape index (κ1) is 31.3. The molecule has 0 atom stereocenters. The van der Waals surface area contributed by atoms with Crippen molar-refractivity contribution in [1.82, 2.24) is 4.57 Å². The summed E-state index contributed by atoms with van der Waals surface area (Å²) in [6, 6.07) is 70.4. The van der Waals surface area contributed by atoms with E-state index in [1.165, 1.54) is 72.0 Å². The molecule has 0 aliphatic rings. The molecule has 2 heteroatoms. The maximum absolute atomic E-state index is 2.46. The second kappa shape index (κ2) is 13.2. The summed E-state index contributed by atoms with van der Waals surface area (Å²) in [5.41, 5.74) is 16.6. The van der Waals surface area contributed by atoms with Crippen molar-refractivity contribution in [3.63, 3.8) is 0 Å². The summed E-state index contributed by atoms with van der Waals surface area (Å²) in [7, 11) is 0. The Bertz CT molecular complexity index is 2690. The fraction of sp³-hybridized carbons (Fsp3) is 0.0400. The number of benzene rings is 8. The van der Waals surface area contributed by atoms with Crippen LogP contribution in [0.15, 0.2) is 194 Å². The van der Waals surface area contributed by atoms with Crippen LogP contribution in [0.2, 0.25) is 0 Å². The number of anilines is 3.